The lowest BCUT2D eigenvalue weighted by Gasteiger charge is -2.29. The number of morpholine rings is 2. The van der Waals surface area contributed by atoms with Gasteiger partial charge in [-0.2, -0.15) is 9.78 Å². The van der Waals surface area contributed by atoms with Crippen LogP contribution in [0.4, 0.5) is 11.5 Å². The Kier molecular flexibility index (Phi) is 7.84. The molecule has 1 aromatic carbocycles. The zero-order valence-electron chi connectivity index (χ0n) is 23.9. The van der Waals surface area contributed by atoms with Crippen LogP contribution in [-0.2, 0) is 14.2 Å². The van der Waals surface area contributed by atoms with Gasteiger partial charge in [0.25, 0.3) is 0 Å². The van der Waals surface area contributed by atoms with E-state index in [4.69, 9.17) is 29.3 Å². The molecule has 5 heterocycles. The monoisotopic (exact) mass is 556 g/mol. The van der Waals surface area contributed by atoms with E-state index < -0.39 is 5.97 Å². The molecular weight excluding hydrogens is 520 g/mol. The molecule has 0 radical (unpaired) electrons. The van der Waals surface area contributed by atoms with Gasteiger partial charge in [0.2, 0.25) is 0 Å². The number of rotatable bonds is 7. The number of nitrogens with zero attached hydrogens (tertiary/aromatic N) is 6. The maximum Gasteiger partial charge on any atom is 0.357 e. The van der Waals surface area contributed by atoms with Gasteiger partial charge in [0.15, 0.2) is 17.2 Å². The number of hydrogen-bond donors (Lipinski definition) is 0. The highest BCUT2D eigenvalue weighted by molar-refractivity contribution is 6.00. The molecule has 2 aliphatic heterocycles. The summed E-state index contributed by atoms with van der Waals surface area (Å²) in [4.78, 5) is 27.3. The van der Waals surface area contributed by atoms with Gasteiger partial charge in [0.1, 0.15) is 5.82 Å². The molecule has 10 nitrogen and oxygen atoms in total. The van der Waals surface area contributed by atoms with Crippen molar-refractivity contribution in [3.05, 3.63) is 59.9 Å². The number of carbonyl (C=O) groups excluding carboxylic acids is 1. The highest BCUT2D eigenvalue weighted by Gasteiger charge is 2.25. The summed E-state index contributed by atoms with van der Waals surface area (Å²) in [5.41, 5.74) is 4.75. The van der Waals surface area contributed by atoms with Crippen LogP contribution >= 0.6 is 0 Å². The standard InChI is InChI=1S/C31H36N6O4/c1-4-41-31(38)25-20-24(22-8-10-23(11-9-22)35-12-16-39-17-13-35)28-29(21(2)3)34-37(30(28)32-25)27-7-5-6-26(33-27)36-14-18-40-19-15-36/h5-11,20-21H,4,12-19H2,1-3H3. The molecule has 6 rings (SSSR count). The first kappa shape index (κ1) is 27.2. The fourth-order valence-corrected chi connectivity index (χ4v) is 5.42. The van der Waals surface area contributed by atoms with Crippen molar-refractivity contribution >= 4 is 28.5 Å². The summed E-state index contributed by atoms with van der Waals surface area (Å²) in [6.07, 6.45) is 0. The summed E-state index contributed by atoms with van der Waals surface area (Å²) in [7, 11) is 0. The van der Waals surface area contributed by atoms with Crippen molar-refractivity contribution in [2.24, 2.45) is 0 Å². The maximum atomic E-state index is 13.0. The number of pyridine rings is 2. The van der Waals surface area contributed by atoms with E-state index in [1.54, 1.807) is 11.6 Å². The SMILES string of the molecule is CCOC(=O)c1cc(-c2ccc(N3CCOCC3)cc2)c2c(C(C)C)nn(-c3cccc(N4CCOCC4)n3)c2n1. The quantitative estimate of drug-likeness (QED) is 0.306. The van der Waals surface area contributed by atoms with Gasteiger partial charge in [0.05, 0.1) is 44.1 Å². The number of ether oxygens (including phenoxy) is 3. The molecule has 2 aliphatic rings. The molecule has 0 atom stereocenters. The molecule has 0 aliphatic carbocycles. The minimum Gasteiger partial charge on any atom is -0.461 e. The largest absolute Gasteiger partial charge is 0.461 e. The summed E-state index contributed by atoms with van der Waals surface area (Å²) in [5, 5.41) is 5.95. The normalized spacial score (nSPS) is 16.0. The van der Waals surface area contributed by atoms with Gasteiger partial charge < -0.3 is 24.0 Å². The van der Waals surface area contributed by atoms with E-state index in [2.05, 4.69) is 47.9 Å². The predicted molar refractivity (Wildman–Crippen MR) is 158 cm³/mol. The van der Waals surface area contributed by atoms with Crippen LogP contribution in [0.25, 0.3) is 28.0 Å². The van der Waals surface area contributed by atoms with Gasteiger partial charge in [-0.05, 0) is 54.3 Å². The van der Waals surface area contributed by atoms with Gasteiger partial charge in [-0.15, -0.1) is 0 Å². The smallest absolute Gasteiger partial charge is 0.357 e. The Morgan fingerprint density at radius 1 is 0.902 bits per heavy atom. The number of carbonyl (C=O) groups is 1. The van der Waals surface area contributed by atoms with Gasteiger partial charge in [-0.25, -0.2) is 14.8 Å². The lowest BCUT2D eigenvalue weighted by Crippen LogP contribution is -2.36. The minimum atomic E-state index is -0.463. The van der Waals surface area contributed by atoms with E-state index in [0.717, 1.165) is 73.1 Å². The highest BCUT2D eigenvalue weighted by atomic mass is 16.5. The summed E-state index contributed by atoms with van der Waals surface area (Å²) in [6.45, 7) is 12.4. The molecule has 0 saturated carbocycles. The van der Waals surface area contributed by atoms with E-state index in [9.17, 15) is 4.79 Å². The molecule has 0 bridgehead atoms. The van der Waals surface area contributed by atoms with Gasteiger partial charge in [-0.3, -0.25) is 0 Å². The Balaban J connectivity index is 1.50. The number of anilines is 2. The molecule has 4 aromatic rings. The molecule has 214 valence electrons. The molecule has 41 heavy (non-hydrogen) atoms. The lowest BCUT2D eigenvalue weighted by atomic mass is 9.97. The molecule has 0 amide bonds. The molecule has 3 aromatic heterocycles. The average Bonchev–Trinajstić information content (AvgIpc) is 3.42. The van der Waals surface area contributed by atoms with Crippen molar-refractivity contribution < 1.29 is 19.0 Å². The number of esters is 1. The van der Waals surface area contributed by atoms with Crippen LogP contribution in [0.5, 0.6) is 0 Å². The fraction of sp³-hybridized carbons (Fsp3) is 0.419. The van der Waals surface area contributed by atoms with Crippen LogP contribution in [0.3, 0.4) is 0 Å². The highest BCUT2D eigenvalue weighted by Crippen LogP contribution is 2.36. The lowest BCUT2D eigenvalue weighted by molar-refractivity contribution is 0.0520. The third-order valence-corrected chi connectivity index (χ3v) is 7.52. The van der Waals surface area contributed by atoms with Crippen LogP contribution in [0.15, 0.2) is 48.5 Å². The topological polar surface area (TPSA) is 94.8 Å². The van der Waals surface area contributed by atoms with E-state index in [1.165, 1.54) is 0 Å². The average molecular weight is 557 g/mol. The number of fused-ring (bicyclic) bond motifs is 1. The Bertz CT molecular complexity index is 1520. The van der Waals surface area contributed by atoms with Crippen LogP contribution in [-0.4, -0.2) is 84.9 Å². The molecule has 10 heteroatoms. The van der Waals surface area contributed by atoms with Gasteiger partial charge in [-0.1, -0.05) is 32.0 Å². The van der Waals surface area contributed by atoms with Crippen molar-refractivity contribution in [2.75, 3.05) is 69.0 Å². The zero-order chi connectivity index (χ0) is 28.3. The summed E-state index contributed by atoms with van der Waals surface area (Å²) in [6, 6.07) is 16.2. The second-order valence-electron chi connectivity index (χ2n) is 10.5. The van der Waals surface area contributed by atoms with E-state index in [1.807, 2.05) is 24.3 Å². The maximum absolute atomic E-state index is 13.0. The Labute approximate surface area is 239 Å². The van der Waals surface area contributed by atoms with E-state index >= 15 is 0 Å². The summed E-state index contributed by atoms with van der Waals surface area (Å²) in [5.74, 6) is 1.16. The number of aromatic nitrogens is 4. The van der Waals surface area contributed by atoms with Crippen molar-refractivity contribution in [3.63, 3.8) is 0 Å². The molecule has 2 saturated heterocycles. The van der Waals surface area contributed by atoms with Crippen molar-refractivity contribution in [1.82, 2.24) is 19.7 Å². The second-order valence-corrected chi connectivity index (χ2v) is 10.5. The first-order valence-electron chi connectivity index (χ1n) is 14.4. The Morgan fingerprint density at radius 2 is 1.56 bits per heavy atom. The van der Waals surface area contributed by atoms with Crippen molar-refractivity contribution in [3.8, 4) is 16.9 Å². The van der Waals surface area contributed by atoms with E-state index in [-0.39, 0.29) is 18.2 Å². The third kappa shape index (κ3) is 5.49. The number of hydrogen-bond acceptors (Lipinski definition) is 9. The number of benzene rings is 1. The molecule has 0 unspecified atom stereocenters. The molecular formula is C31H36N6O4. The van der Waals surface area contributed by atoms with E-state index in [0.29, 0.717) is 24.7 Å². The second kappa shape index (κ2) is 11.8. The fourth-order valence-electron chi connectivity index (χ4n) is 5.42. The molecule has 0 N–H and O–H groups in total. The Morgan fingerprint density at radius 3 is 2.22 bits per heavy atom. The van der Waals surface area contributed by atoms with Crippen molar-refractivity contribution in [1.29, 1.82) is 0 Å². The van der Waals surface area contributed by atoms with Crippen LogP contribution in [0.1, 0.15) is 42.9 Å². The first-order chi connectivity index (χ1) is 20.0. The van der Waals surface area contributed by atoms with Crippen molar-refractivity contribution in [2.45, 2.75) is 26.7 Å². The van der Waals surface area contributed by atoms with Crippen LogP contribution in [0.2, 0.25) is 0 Å². The zero-order valence-corrected chi connectivity index (χ0v) is 23.9. The van der Waals surface area contributed by atoms with Gasteiger partial charge >= 0.3 is 5.97 Å². The first-order valence-corrected chi connectivity index (χ1v) is 14.4. The van der Waals surface area contributed by atoms with Crippen LogP contribution in [0, 0.1) is 0 Å². The summed E-state index contributed by atoms with van der Waals surface area (Å²) >= 11 is 0. The molecule has 0 spiro atoms. The minimum absolute atomic E-state index is 0.114. The Hall–Kier alpha value is -4.02. The molecule has 2 fully saturated rings. The predicted octanol–water partition coefficient (Wildman–Crippen LogP) is 4.46. The summed E-state index contributed by atoms with van der Waals surface area (Å²) < 4.78 is 18.2. The van der Waals surface area contributed by atoms with Gasteiger partial charge in [0, 0.05) is 31.9 Å². The third-order valence-electron chi connectivity index (χ3n) is 7.52. The van der Waals surface area contributed by atoms with Crippen LogP contribution < -0.4 is 9.80 Å².